The Bertz CT molecular complexity index is 787. The number of furan rings is 1. The van der Waals surface area contributed by atoms with Gasteiger partial charge in [-0.3, -0.25) is 0 Å². The topological polar surface area (TPSA) is 39.2 Å². The molecule has 2 nitrogen and oxygen atoms in total. The van der Waals surface area contributed by atoms with Crippen molar-refractivity contribution < 1.29 is 8.81 Å². The van der Waals surface area contributed by atoms with Gasteiger partial charge in [0, 0.05) is 20.4 Å². The van der Waals surface area contributed by atoms with Gasteiger partial charge in [-0.15, -0.1) is 0 Å². The Morgan fingerprint density at radius 1 is 1.15 bits per heavy atom. The molecule has 102 valence electrons. The van der Waals surface area contributed by atoms with E-state index in [9.17, 15) is 4.39 Å². The summed E-state index contributed by atoms with van der Waals surface area (Å²) in [5, 5.41) is 1.46. The van der Waals surface area contributed by atoms with Crippen LogP contribution in [0.4, 0.5) is 4.39 Å². The fourth-order valence-corrected chi connectivity index (χ4v) is 2.65. The number of halogens is 3. The SMILES string of the molecule is NC(c1cc2cc(Cl)ccc2o1)c1cc(Br)ccc1F. The normalized spacial score (nSPS) is 12.8. The first-order valence-corrected chi connectivity index (χ1v) is 7.11. The lowest BCUT2D eigenvalue weighted by Gasteiger charge is -2.10. The molecule has 3 aromatic rings. The van der Waals surface area contributed by atoms with Crippen molar-refractivity contribution in [3.63, 3.8) is 0 Å². The molecule has 0 saturated carbocycles. The van der Waals surface area contributed by atoms with Gasteiger partial charge in [0.25, 0.3) is 0 Å². The zero-order valence-electron chi connectivity index (χ0n) is 10.2. The molecule has 0 aliphatic heterocycles. The Labute approximate surface area is 128 Å². The van der Waals surface area contributed by atoms with Crippen molar-refractivity contribution in [2.75, 3.05) is 0 Å². The number of hydrogen-bond acceptors (Lipinski definition) is 2. The first kappa shape index (κ1) is 13.6. The number of benzene rings is 2. The van der Waals surface area contributed by atoms with Crippen molar-refractivity contribution in [2.45, 2.75) is 6.04 Å². The maximum absolute atomic E-state index is 13.9. The molecule has 0 aliphatic carbocycles. The lowest BCUT2D eigenvalue weighted by atomic mass is 10.0. The van der Waals surface area contributed by atoms with Crippen molar-refractivity contribution >= 4 is 38.5 Å². The smallest absolute Gasteiger partial charge is 0.134 e. The zero-order chi connectivity index (χ0) is 14.3. The molecule has 0 amide bonds. The van der Waals surface area contributed by atoms with E-state index >= 15 is 0 Å². The van der Waals surface area contributed by atoms with Gasteiger partial charge in [-0.25, -0.2) is 4.39 Å². The first-order valence-electron chi connectivity index (χ1n) is 5.94. The molecule has 0 aliphatic rings. The number of fused-ring (bicyclic) bond motifs is 1. The standard InChI is InChI=1S/C15H10BrClFNO/c16-9-1-3-12(18)11(7-9)15(19)14-6-8-5-10(17)2-4-13(8)20-14/h1-7,15H,19H2. The van der Waals surface area contributed by atoms with E-state index in [2.05, 4.69) is 15.9 Å². The third-order valence-electron chi connectivity index (χ3n) is 3.10. The van der Waals surface area contributed by atoms with Crippen LogP contribution in [0.3, 0.4) is 0 Å². The highest BCUT2D eigenvalue weighted by atomic mass is 79.9. The Hall–Kier alpha value is -1.36. The lowest BCUT2D eigenvalue weighted by Crippen LogP contribution is -2.12. The minimum Gasteiger partial charge on any atom is -0.459 e. The molecule has 0 bridgehead atoms. The van der Waals surface area contributed by atoms with Gasteiger partial charge in [-0.1, -0.05) is 27.5 Å². The van der Waals surface area contributed by atoms with Gasteiger partial charge in [-0.05, 0) is 42.5 Å². The Morgan fingerprint density at radius 3 is 2.75 bits per heavy atom. The fraction of sp³-hybridized carbons (Fsp3) is 0.0667. The van der Waals surface area contributed by atoms with E-state index in [1.54, 1.807) is 36.4 Å². The second-order valence-electron chi connectivity index (χ2n) is 4.47. The summed E-state index contributed by atoms with van der Waals surface area (Å²) in [5.74, 6) is 0.137. The van der Waals surface area contributed by atoms with Crippen LogP contribution in [-0.4, -0.2) is 0 Å². The van der Waals surface area contributed by atoms with Gasteiger partial charge < -0.3 is 10.2 Å². The van der Waals surface area contributed by atoms with E-state index in [0.717, 1.165) is 9.86 Å². The van der Waals surface area contributed by atoms with Gasteiger partial charge in [0.2, 0.25) is 0 Å². The van der Waals surface area contributed by atoms with Gasteiger partial charge in [-0.2, -0.15) is 0 Å². The molecule has 2 aromatic carbocycles. The van der Waals surface area contributed by atoms with Crippen LogP contribution in [0.1, 0.15) is 17.4 Å². The van der Waals surface area contributed by atoms with Crippen molar-refractivity contribution in [1.29, 1.82) is 0 Å². The second-order valence-corrected chi connectivity index (χ2v) is 5.83. The molecule has 0 radical (unpaired) electrons. The van der Waals surface area contributed by atoms with Crippen LogP contribution in [0.2, 0.25) is 5.02 Å². The number of rotatable bonds is 2. The fourth-order valence-electron chi connectivity index (χ4n) is 2.09. The van der Waals surface area contributed by atoms with Gasteiger partial charge in [0.05, 0.1) is 6.04 Å². The summed E-state index contributed by atoms with van der Waals surface area (Å²) in [6, 6.07) is 11.1. The summed E-state index contributed by atoms with van der Waals surface area (Å²) in [5.41, 5.74) is 7.16. The van der Waals surface area contributed by atoms with Crippen molar-refractivity contribution in [2.24, 2.45) is 5.73 Å². The molecule has 3 rings (SSSR count). The Balaban J connectivity index is 2.07. The Kier molecular flexibility index (Phi) is 3.54. The molecular weight excluding hydrogens is 345 g/mol. The van der Waals surface area contributed by atoms with Crippen molar-refractivity contribution in [3.8, 4) is 0 Å². The van der Waals surface area contributed by atoms with E-state index in [0.29, 0.717) is 21.9 Å². The molecule has 1 unspecified atom stereocenters. The van der Waals surface area contributed by atoms with Crippen LogP contribution in [0.5, 0.6) is 0 Å². The van der Waals surface area contributed by atoms with E-state index in [-0.39, 0.29) is 5.82 Å². The van der Waals surface area contributed by atoms with Crippen molar-refractivity contribution in [3.05, 3.63) is 69.1 Å². The minimum absolute atomic E-state index is 0.362. The van der Waals surface area contributed by atoms with E-state index in [4.69, 9.17) is 21.8 Å². The van der Waals surface area contributed by atoms with Crippen molar-refractivity contribution in [1.82, 2.24) is 0 Å². The summed E-state index contributed by atoms with van der Waals surface area (Å²) < 4.78 is 20.3. The summed E-state index contributed by atoms with van der Waals surface area (Å²) in [6.45, 7) is 0. The monoisotopic (exact) mass is 353 g/mol. The third kappa shape index (κ3) is 2.46. The highest BCUT2D eigenvalue weighted by molar-refractivity contribution is 9.10. The third-order valence-corrected chi connectivity index (χ3v) is 3.83. The van der Waals surface area contributed by atoms with Gasteiger partial charge in [0.1, 0.15) is 17.2 Å². The molecule has 0 spiro atoms. The highest BCUT2D eigenvalue weighted by Crippen LogP contribution is 2.30. The molecule has 0 saturated heterocycles. The number of hydrogen-bond donors (Lipinski definition) is 1. The van der Waals surface area contributed by atoms with Gasteiger partial charge in [0.15, 0.2) is 0 Å². The molecule has 20 heavy (non-hydrogen) atoms. The summed E-state index contributed by atoms with van der Waals surface area (Å²) in [4.78, 5) is 0. The van der Waals surface area contributed by atoms with Crippen LogP contribution in [0.25, 0.3) is 11.0 Å². The van der Waals surface area contributed by atoms with E-state index in [1.807, 2.05) is 0 Å². The lowest BCUT2D eigenvalue weighted by molar-refractivity contribution is 0.510. The van der Waals surface area contributed by atoms with Crippen LogP contribution in [-0.2, 0) is 0 Å². The predicted octanol–water partition coefficient (Wildman–Crippen LogP) is 5.04. The van der Waals surface area contributed by atoms with E-state index < -0.39 is 6.04 Å². The quantitative estimate of drug-likeness (QED) is 0.700. The Morgan fingerprint density at radius 2 is 1.95 bits per heavy atom. The highest BCUT2D eigenvalue weighted by Gasteiger charge is 2.18. The summed E-state index contributed by atoms with van der Waals surface area (Å²) >= 11 is 9.24. The molecule has 2 N–H and O–H groups in total. The van der Waals surface area contributed by atoms with Crippen LogP contribution < -0.4 is 5.73 Å². The molecule has 1 aromatic heterocycles. The van der Waals surface area contributed by atoms with E-state index in [1.165, 1.54) is 6.07 Å². The molecular formula is C15H10BrClFNO. The minimum atomic E-state index is -0.668. The predicted molar refractivity (Wildman–Crippen MR) is 81.4 cm³/mol. The molecule has 0 fully saturated rings. The molecule has 1 atom stereocenters. The molecule has 5 heteroatoms. The average molecular weight is 355 g/mol. The number of nitrogens with two attached hydrogens (primary N) is 1. The largest absolute Gasteiger partial charge is 0.459 e. The first-order chi connectivity index (χ1) is 9.54. The maximum Gasteiger partial charge on any atom is 0.134 e. The van der Waals surface area contributed by atoms with Crippen LogP contribution in [0, 0.1) is 5.82 Å². The summed E-state index contributed by atoms with van der Waals surface area (Å²) in [7, 11) is 0. The van der Waals surface area contributed by atoms with Crippen LogP contribution in [0.15, 0.2) is 51.4 Å². The molecule has 1 heterocycles. The van der Waals surface area contributed by atoms with Crippen LogP contribution >= 0.6 is 27.5 Å². The average Bonchev–Trinajstić information content (AvgIpc) is 2.83. The zero-order valence-corrected chi connectivity index (χ0v) is 12.6. The van der Waals surface area contributed by atoms with Gasteiger partial charge >= 0.3 is 0 Å². The summed E-state index contributed by atoms with van der Waals surface area (Å²) in [6.07, 6.45) is 0. The second kappa shape index (κ2) is 5.20. The maximum atomic E-state index is 13.9.